The summed E-state index contributed by atoms with van der Waals surface area (Å²) in [5.41, 5.74) is 0. The molecule has 0 heterocycles. The third-order valence-electron chi connectivity index (χ3n) is 2.02. The molecule has 0 aromatic carbocycles. The molecule has 7 heteroatoms. The third-order valence-corrected chi connectivity index (χ3v) is 2.02. The van der Waals surface area contributed by atoms with Gasteiger partial charge in [0.25, 0.3) is 5.85 Å². The first-order valence-corrected chi connectivity index (χ1v) is 3.44. The van der Waals surface area contributed by atoms with Crippen LogP contribution in [0.1, 0.15) is 12.8 Å². The van der Waals surface area contributed by atoms with Crippen molar-refractivity contribution in [2.75, 3.05) is 0 Å². The Morgan fingerprint density at radius 1 is 1.08 bits per heavy atom. The Morgan fingerprint density at radius 3 is 1.92 bits per heavy atom. The van der Waals surface area contributed by atoms with Gasteiger partial charge >= 0.3 is 11.8 Å². The first kappa shape index (κ1) is 10.6. The van der Waals surface area contributed by atoms with Crippen molar-refractivity contribution in [3.8, 4) is 0 Å². The molecule has 13 heavy (non-hydrogen) atoms. The maximum atomic E-state index is 12.5. The van der Waals surface area contributed by atoms with Gasteiger partial charge in [-0.25, -0.2) is 8.78 Å². The molecule has 1 aliphatic rings. The fourth-order valence-electron chi connectivity index (χ4n) is 1.11. The van der Waals surface area contributed by atoms with Crippen LogP contribution in [0.2, 0.25) is 0 Å². The van der Waals surface area contributed by atoms with E-state index in [-0.39, 0.29) is 0 Å². The van der Waals surface area contributed by atoms with E-state index in [9.17, 15) is 26.3 Å². The van der Waals surface area contributed by atoms with E-state index in [1.807, 2.05) is 0 Å². The maximum Gasteiger partial charge on any atom is 0.370 e. The highest BCUT2D eigenvalue weighted by Gasteiger charge is 2.75. The summed E-state index contributed by atoms with van der Waals surface area (Å²) in [4.78, 5) is 0. The largest absolute Gasteiger partial charge is 0.370 e. The SMILES string of the molecule is OC1(F)CCC(F)C(F)(F)C1(F)F. The summed E-state index contributed by atoms with van der Waals surface area (Å²) >= 11 is 0. The van der Waals surface area contributed by atoms with E-state index in [2.05, 4.69) is 0 Å². The van der Waals surface area contributed by atoms with Gasteiger partial charge in [0.15, 0.2) is 6.17 Å². The van der Waals surface area contributed by atoms with E-state index >= 15 is 0 Å². The summed E-state index contributed by atoms with van der Waals surface area (Å²) in [5.74, 6) is -14.9. The average Bonchev–Trinajstić information content (AvgIpc) is 1.97. The molecular weight excluding hydrogens is 202 g/mol. The molecule has 2 atom stereocenters. The van der Waals surface area contributed by atoms with Gasteiger partial charge in [-0.05, 0) is 6.42 Å². The quantitative estimate of drug-likeness (QED) is 0.604. The standard InChI is InChI=1S/C6H6F6O/c7-3-1-2-4(8,13)6(11,12)5(3,9)10/h3,13H,1-2H2. The highest BCUT2D eigenvalue weighted by Crippen LogP contribution is 2.52. The molecular formula is C6H6F6O. The second-order valence-corrected chi connectivity index (χ2v) is 2.96. The molecule has 0 spiro atoms. The first-order chi connectivity index (χ1) is 5.63. The number of hydrogen-bond donors (Lipinski definition) is 1. The van der Waals surface area contributed by atoms with Crippen molar-refractivity contribution >= 4 is 0 Å². The van der Waals surface area contributed by atoms with Crippen molar-refractivity contribution in [1.29, 1.82) is 0 Å². The van der Waals surface area contributed by atoms with Gasteiger partial charge in [-0.1, -0.05) is 0 Å². The molecule has 1 saturated carbocycles. The molecule has 0 saturated heterocycles. The predicted molar refractivity (Wildman–Crippen MR) is 30.1 cm³/mol. The van der Waals surface area contributed by atoms with Crippen LogP contribution in [-0.4, -0.2) is 29.0 Å². The van der Waals surface area contributed by atoms with Gasteiger partial charge in [-0.2, -0.15) is 17.6 Å². The third kappa shape index (κ3) is 1.20. The molecule has 0 bridgehead atoms. The van der Waals surface area contributed by atoms with Crippen molar-refractivity contribution in [2.24, 2.45) is 0 Å². The minimum atomic E-state index is -5.38. The molecule has 1 N–H and O–H groups in total. The summed E-state index contributed by atoms with van der Waals surface area (Å²) in [6, 6.07) is 0. The maximum absolute atomic E-state index is 12.5. The van der Waals surface area contributed by atoms with Crippen molar-refractivity contribution < 1.29 is 31.4 Å². The summed E-state index contributed by atoms with van der Waals surface area (Å²) < 4.78 is 74.3. The van der Waals surface area contributed by atoms with Gasteiger partial charge in [0, 0.05) is 6.42 Å². The molecule has 1 nitrogen and oxygen atoms in total. The van der Waals surface area contributed by atoms with Gasteiger partial charge < -0.3 is 5.11 Å². The molecule has 1 fully saturated rings. The molecule has 0 aromatic heterocycles. The lowest BCUT2D eigenvalue weighted by molar-refractivity contribution is -0.367. The van der Waals surface area contributed by atoms with Crippen molar-refractivity contribution in [1.82, 2.24) is 0 Å². The Morgan fingerprint density at radius 2 is 1.54 bits per heavy atom. The number of rotatable bonds is 0. The summed E-state index contributed by atoms with van der Waals surface area (Å²) in [6.07, 6.45) is -5.59. The molecule has 0 amide bonds. The highest BCUT2D eigenvalue weighted by molar-refractivity contribution is 5.04. The zero-order chi connectivity index (χ0) is 10.5. The van der Waals surface area contributed by atoms with Gasteiger partial charge in [0.2, 0.25) is 0 Å². The van der Waals surface area contributed by atoms with Gasteiger partial charge in [0.1, 0.15) is 0 Å². The van der Waals surface area contributed by atoms with Crippen LogP contribution in [-0.2, 0) is 0 Å². The lowest BCUT2D eigenvalue weighted by atomic mass is 9.87. The predicted octanol–water partition coefficient (Wildman–Crippen LogP) is 2.05. The normalized spacial score (nSPS) is 43.2. The van der Waals surface area contributed by atoms with Crippen molar-refractivity contribution in [3.05, 3.63) is 0 Å². The second-order valence-electron chi connectivity index (χ2n) is 2.96. The Bertz CT molecular complexity index is 213. The van der Waals surface area contributed by atoms with Gasteiger partial charge in [0.05, 0.1) is 0 Å². The molecule has 0 aromatic rings. The van der Waals surface area contributed by atoms with E-state index in [0.717, 1.165) is 0 Å². The van der Waals surface area contributed by atoms with Crippen LogP contribution in [0.3, 0.4) is 0 Å². The number of halogens is 6. The lowest BCUT2D eigenvalue weighted by Crippen LogP contribution is -2.63. The van der Waals surface area contributed by atoms with E-state index in [1.165, 1.54) is 0 Å². The first-order valence-electron chi connectivity index (χ1n) is 3.44. The molecule has 0 aliphatic heterocycles. The molecule has 0 radical (unpaired) electrons. The van der Waals surface area contributed by atoms with Crippen LogP contribution in [0, 0.1) is 0 Å². The number of hydrogen-bond acceptors (Lipinski definition) is 1. The van der Waals surface area contributed by atoms with Crippen LogP contribution in [0.5, 0.6) is 0 Å². The Labute approximate surface area is 69.3 Å². The number of aliphatic hydroxyl groups is 1. The van der Waals surface area contributed by atoms with Crippen LogP contribution in [0.4, 0.5) is 26.3 Å². The zero-order valence-electron chi connectivity index (χ0n) is 6.21. The molecule has 1 rings (SSSR count). The van der Waals surface area contributed by atoms with Crippen LogP contribution >= 0.6 is 0 Å². The fourth-order valence-corrected chi connectivity index (χ4v) is 1.11. The fraction of sp³-hybridized carbons (Fsp3) is 1.00. The van der Waals surface area contributed by atoms with E-state index < -0.39 is 36.7 Å². The molecule has 1 aliphatic carbocycles. The van der Waals surface area contributed by atoms with Crippen molar-refractivity contribution in [2.45, 2.75) is 36.7 Å². The minimum absolute atomic E-state index is 1.13. The molecule has 2 unspecified atom stereocenters. The summed E-state index contributed by atoms with van der Waals surface area (Å²) in [6.45, 7) is 0. The van der Waals surface area contributed by atoms with Gasteiger partial charge in [-0.15, -0.1) is 0 Å². The van der Waals surface area contributed by atoms with E-state index in [0.29, 0.717) is 0 Å². The summed E-state index contributed by atoms with van der Waals surface area (Å²) in [7, 11) is 0. The minimum Gasteiger partial charge on any atom is -0.357 e. The number of alkyl halides is 6. The van der Waals surface area contributed by atoms with Crippen LogP contribution in [0.25, 0.3) is 0 Å². The monoisotopic (exact) mass is 208 g/mol. The topological polar surface area (TPSA) is 20.2 Å². The van der Waals surface area contributed by atoms with E-state index in [4.69, 9.17) is 5.11 Å². The average molecular weight is 208 g/mol. The van der Waals surface area contributed by atoms with Crippen LogP contribution < -0.4 is 0 Å². The molecule has 78 valence electrons. The highest BCUT2D eigenvalue weighted by atomic mass is 19.3. The lowest BCUT2D eigenvalue weighted by Gasteiger charge is -2.40. The Hall–Kier alpha value is -0.460. The van der Waals surface area contributed by atoms with Crippen LogP contribution in [0.15, 0.2) is 0 Å². The van der Waals surface area contributed by atoms with Crippen molar-refractivity contribution in [3.63, 3.8) is 0 Å². The second kappa shape index (κ2) is 2.52. The van der Waals surface area contributed by atoms with E-state index in [1.54, 1.807) is 0 Å². The Kier molecular flexibility index (Phi) is 2.06. The Balaban J connectivity index is 3.07. The van der Waals surface area contributed by atoms with Gasteiger partial charge in [-0.3, -0.25) is 0 Å². The smallest absolute Gasteiger partial charge is 0.357 e. The summed E-state index contributed by atoms with van der Waals surface area (Å²) in [5, 5.41) is 8.29. The zero-order valence-corrected chi connectivity index (χ0v) is 6.21.